The van der Waals surface area contributed by atoms with Crippen LogP contribution >= 0.6 is 23.1 Å². The van der Waals surface area contributed by atoms with Crippen LogP contribution in [0.25, 0.3) is 0 Å². The average molecular weight is 345 g/mol. The Kier molecular flexibility index (Phi) is 8.29. The van der Waals surface area contributed by atoms with Crippen LogP contribution in [0.4, 0.5) is 0 Å². The maximum Gasteiger partial charge on any atom is 0.274 e. The lowest BCUT2D eigenvalue weighted by atomic mass is 10.4. The zero-order valence-corrected chi connectivity index (χ0v) is 15.0. The van der Waals surface area contributed by atoms with E-state index >= 15 is 0 Å². The van der Waals surface area contributed by atoms with Gasteiger partial charge in [-0.15, -0.1) is 11.3 Å². The Morgan fingerprint density at radius 3 is 2.77 bits per heavy atom. The summed E-state index contributed by atoms with van der Waals surface area (Å²) < 4.78 is 0. The Balaban J connectivity index is 2.29. The van der Waals surface area contributed by atoms with Crippen LogP contribution in [0.1, 0.15) is 16.7 Å². The lowest BCUT2D eigenvalue weighted by Gasteiger charge is -2.16. The van der Waals surface area contributed by atoms with Crippen molar-refractivity contribution in [3.63, 3.8) is 0 Å². The largest absolute Gasteiger partial charge is 0.380 e. The Labute approximate surface area is 140 Å². The molecule has 1 heterocycles. The second-order valence-electron chi connectivity index (χ2n) is 5.01. The second kappa shape index (κ2) is 9.70. The van der Waals surface area contributed by atoms with E-state index in [1.165, 1.54) is 9.75 Å². The van der Waals surface area contributed by atoms with Crippen molar-refractivity contribution in [3.8, 4) is 0 Å². The molecule has 2 N–H and O–H groups in total. The van der Waals surface area contributed by atoms with Gasteiger partial charge in [0, 0.05) is 41.4 Å². The number of rotatable bonds is 10. The number of nitro groups is 1. The Hall–Kier alpha value is -1.25. The molecule has 0 aliphatic rings. The SMILES string of the molecule is CCN(C)Cc1ccc(CSCCN(C)C(N)=C[N+](=O)[O-])s1. The van der Waals surface area contributed by atoms with Crippen molar-refractivity contribution in [3.05, 3.63) is 44.0 Å². The quantitative estimate of drug-likeness (QED) is 0.399. The van der Waals surface area contributed by atoms with E-state index in [1.54, 1.807) is 11.9 Å². The maximum absolute atomic E-state index is 10.3. The number of nitrogens with zero attached hydrogens (tertiary/aromatic N) is 3. The Morgan fingerprint density at radius 1 is 1.45 bits per heavy atom. The topological polar surface area (TPSA) is 75.6 Å². The highest BCUT2D eigenvalue weighted by Crippen LogP contribution is 2.22. The van der Waals surface area contributed by atoms with Gasteiger partial charge in [-0.25, -0.2) is 0 Å². The van der Waals surface area contributed by atoms with Gasteiger partial charge in [0.2, 0.25) is 0 Å². The zero-order valence-electron chi connectivity index (χ0n) is 13.3. The van der Waals surface area contributed by atoms with E-state index in [0.717, 1.165) is 30.8 Å². The van der Waals surface area contributed by atoms with Crippen molar-refractivity contribution < 1.29 is 4.92 Å². The molecule has 0 atom stereocenters. The molecule has 0 spiro atoms. The summed E-state index contributed by atoms with van der Waals surface area (Å²) in [5, 5.41) is 10.3. The number of hydrogen-bond donors (Lipinski definition) is 1. The fourth-order valence-electron chi connectivity index (χ4n) is 1.67. The number of nitrogens with two attached hydrogens (primary N) is 1. The maximum atomic E-state index is 10.3. The van der Waals surface area contributed by atoms with Crippen molar-refractivity contribution in [1.82, 2.24) is 9.80 Å². The fraction of sp³-hybridized carbons (Fsp3) is 0.571. The monoisotopic (exact) mass is 344 g/mol. The molecule has 0 aromatic carbocycles. The molecule has 0 bridgehead atoms. The minimum Gasteiger partial charge on any atom is -0.380 e. The minimum absolute atomic E-state index is 0.187. The molecule has 22 heavy (non-hydrogen) atoms. The smallest absolute Gasteiger partial charge is 0.274 e. The molecular weight excluding hydrogens is 320 g/mol. The van der Waals surface area contributed by atoms with Gasteiger partial charge in [0.05, 0.1) is 4.92 Å². The molecule has 0 radical (unpaired) electrons. The number of thioether (sulfide) groups is 1. The third-order valence-electron chi connectivity index (χ3n) is 3.18. The van der Waals surface area contributed by atoms with E-state index in [9.17, 15) is 10.1 Å². The highest BCUT2D eigenvalue weighted by atomic mass is 32.2. The number of thiophene rings is 1. The molecule has 0 saturated heterocycles. The van der Waals surface area contributed by atoms with E-state index in [4.69, 9.17) is 5.73 Å². The standard InChI is InChI=1S/C14H24N4O2S2/c1-4-16(2)9-12-5-6-13(22-12)11-21-8-7-17(3)14(15)10-18(19)20/h5-6,10H,4,7-9,11,15H2,1-3H3. The normalized spacial score (nSPS) is 11.9. The Bertz CT molecular complexity index is 505. The molecule has 0 aliphatic carbocycles. The third kappa shape index (κ3) is 7.15. The predicted octanol–water partition coefficient (Wildman–Crippen LogP) is 2.40. The van der Waals surface area contributed by atoms with Gasteiger partial charge in [0.25, 0.3) is 6.20 Å². The van der Waals surface area contributed by atoms with E-state index in [1.807, 2.05) is 23.1 Å². The van der Waals surface area contributed by atoms with Gasteiger partial charge in [-0.05, 0) is 25.7 Å². The van der Waals surface area contributed by atoms with Crippen LogP contribution < -0.4 is 5.73 Å². The molecule has 1 aromatic heterocycles. The molecule has 0 fully saturated rings. The van der Waals surface area contributed by atoms with Crippen molar-refractivity contribution in [1.29, 1.82) is 0 Å². The van der Waals surface area contributed by atoms with E-state index in [0.29, 0.717) is 6.54 Å². The highest BCUT2D eigenvalue weighted by Gasteiger charge is 2.06. The number of hydrogen-bond acceptors (Lipinski definition) is 7. The summed E-state index contributed by atoms with van der Waals surface area (Å²) in [4.78, 5) is 16.5. The summed E-state index contributed by atoms with van der Waals surface area (Å²) in [6, 6.07) is 4.37. The lowest BCUT2D eigenvalue weighted by Crippen LogP contribution is -2.26. The van der Waals surface area contributed by atoms with Gasteiger partial charge in [0.15, 0.2) is 5.82 Å². The van der Waals surface area contributed by atoms with Crippen LogP contribution in [0.3, 0.4) is 0 Å². The third-order valence-corrected chi connectivity index (χ3v) is 5.42. The van der Waals surface area contributed by atoms with Gasteiger partial charge >= 0.3 is 0 Å². The Morgan fingerprint density at radius 2 is 2.14 bits per heavy atom. The summed E-state index contributed by atoms with van der Waals surface area (Å²) in [6.07, 6.45) is 0.834. The summed E-state index contributed by atoms with van der Waals surface area (Å²) in [5.74, 6) is 2.03. The van der Waals surface area contributed by atoms with Crippen LogP contribution in [0.5, 0.6) is 0 Å². The molecule has 124 valence electrons. The average Bonchev–Trinajstić information content (AvgIpc) is 2.89. The molecule has 8 heteroatoms. The summed E-state index contributed by atoms with van der Waals surface area (Å²) >= 11 is 3.66. The molecule has 0 amide bonds. The molecule has 1 rings (SSSR count). The van der Waals surface area contributed by atoms with Crippen LogP contribution in [0.2, 0.25) is 0 Å². The van der Waals surface area contributed by atoms with Crippen molar-refractivity contribution in [2.24, 2.45) is 5.73 Å². The van der Waals surface area contributed by atoms with Crippen molar-refractivity contribution >= 4 is 23.1 Å². The van der Waals surface area contributed by atoms with E-state index in [2.05, 4.69) is 31.0 Å². The van der Waals surface area contributed by atoms with Crippen LogP contribution in [-0.2, 0) is 12.3 Å². The summed E-state index contributed by atoms with van der Waals surface area (Å²) in [7, 11) is 3.88. The first-order chi connectivity index (χ1) is 10.4. The van der Waals surface area contributed by atoms with Gasteiger partial charge < -0.3 is 15.5 Å². The summed E-state index contributed by atoms with van der Waals surface area (Å²) in [6.45, 7) is 4.89. The molecule has 6 nitrogen and oxygen atoms in total. The predicted molar refractivity (Wildman–Crippen MR) is 94.4 cm³/mol. The zero-order chi connectivity index (χ0) is 16.5. The highest BCUT2D eigenvalue weighted by molar-refractivity contribution is 7.98. The molecule has 1 aromatic rings. The van der Waals surface area contributed by atoms with Gasteiger partial charge in [-0.3, -0.25) is 10.1 Å². The molecule has 0 aliphatic heterocycles. The van der Waals surface area contributed by atoms with Gasteiger partial charge in [0.1, 0.15) is 0 Å². The van der Waals surface area contributed by atoms with Crippen LogP contribution in [0, 0.1) is 10.1 Å². The van der Waals surface area contributed by atoms with Crippen LogP contribution in [0.15, 0.2) is 24.2 Å². The van der Waals surface area contributed by atoms with Gasteiger partial charge in [-0.1, -0.05) is 6.92 Å². The molecular formula is C14H24N4O2S2. The van der Waals surface area contributed by atoms with E-state index in [-0.39, 0.29) is 5.82 Å². The first-order valence-electron chi connectivity index (χ1n) is 7.08. The first kappa shape index (κ1) is 18.8. The summed E-state index contributed by atoms with van der Waals surface area (Å²) in [5.41, 5.74) is 5.61. The lowest BCUT2D eigenvalue weighted by molar-refractivity contribution is -0.404. The van der Waals surface area contributed by atoms with Crippen molar-refractivity contribution in [2.45, 2.75) is 19.2 Å². The van der Waals surface area contributed by atoms with E-state index < -0.39 is 4.92 Å². The second-order valence-corrected chi connectivity index (χ2v) is 7.37. The van der Waals surface area contributed by atoms with Crippen molar-refractivity contribution in [2.75, 3.05) is 32.9 Å². The minimum atomic E-state index is -0.528. The first-order valence-corrected chi connectivity index (χ1v) is 9.05. The van der Waals surface area contributed by atoms with Crippen LogP contribution in [-0.4, -0.2) is 47.7 Å². The fourth-order valence-corrected chi connectivity index (χ4v) is 3.90. The molecule has 0 unspecified atom stereocenters. The molecule has 0 saturated carbocycles. The van der Waals surface area contributed by atoms with Gasteiger partial charge in [-0.2, -0.15) is 11.8 Å².